The van der Waals surface area contributed by atoms with Crippen LogP contribution in [0.25, 0.3) is 0 Å². The van der Waals surface area contributed by atoms with Gasteiger partial charge in [-0.05, 0) is 42.8 Å². The monoisotopic (exact) mass is 411 g/mol. The molecule has 128 valence electrons. The molecular formula is C18H19BrFNO2S. The second kappa shape index (κ2) is 9.69. The molecule has 3 nitrogen and oxygen atoms in total. The van der Waals surface area contributed by atoms with Crippen molar-refractivity contribution in [2.45, 2.75) is 18.8 Å². The van der Waals surface area contributed by atoms with Gasteiger partial charge < -0.3 is 10.1 Å². The van der Waals surface area contributed by atoms with Crippen LogP contribution in [-0.4, -0.2) is 24.3 Å². The molecule has 0 heterocycles. The zero-order valence-electron chi connectivity index (χ0n) is 13.3. The van der Waals surface area contributed by atoms with Crippen LogP contribution in [0.3, 0.4) is 0 Å². The van der Waals surface area contributed by atoms with E-state index in [0.29, 0.717) is 29.4 Å². The minimum atomic E-state index is -0.567. The fourth-order valence-electron chi connectivity index (χ4n) is 1.96. The van der Waals surface area contributed by atoms with Crippen LogP contribution in [0, 0.1) is 5.82 Å². The van der Waals surface area contributed by atoms with Crippen molar-refractivity contribution in [1.82, 2.24) is 5.32 Å². The molecule has 2 rings (SSSR count). The van der Waals surface area contributed by atoms with Crippen LogP contribution < -0.4 is 10.1 Å². The van der Waals surface area contributed by atoms with Gasteiger partial charge in [-0.15, -0.1) is 0 Å². The van der Waals surface area contributed by atoms with Crippen molar-refractivity contribution in [1.29, 1.82) is 0 Å². The molecule has 0 aliphatic heterocycles. The molecular weight excluding hydrogens is 393 g/mol. The van der Waals surface area contributed by atoms with E-state index in [4.69, 9.17) is 4.74 Å². The first-order valence-electron chi connectivity index (χ1n) is 7.57. The summed E-state index contributed by atoms with van der Waals surface area (Å²) in [5.74, 6) is 1.60. The number of hydrogen-bond acceptors (Lipinski definition) is 3. The average Bonchev–Trinajstić information content (AvgIpc) is 2.58. The zero-order chi connectivity index (χ0) is 17.4. The molecule has 0 aliphatic carbocycles. The third-order valence-corrected chi connectivity index (χ3v) is 4.79. The first-order chi connectivity index (χ1) is 11.6. The Hall–Kier alpha value is -1.53. The minimum Gasteiger partial charge on any atom is -0.481 e. The Bertz CT molecular complexity index is 666. The lowest BCUT2D eigenvalue weighted by atomic mass is 10.2. The fraction of sp³-hybridized carbons (Fsp3) is 0.278. The number of ether oxygens (including phenoxy) is 1. The van der Waals surface area contributed by atoms with Gasteiger partial charge in [0.05, 0.1) is 0 Å². The summed E-state index contributed by atoms with van der Waals surface area (Å²) in [5.41, 5.74) is 0.681. The van der Waals surface area contributed by atoms with E-state index >= 15 is 0 Å². The second-order valence-electron chi connectivity index (χ2n) is 5.15. The molecule has 1 amide bonds. The molecule has 0 fully saturated rings. The number of benzene rings is 2. The summed E-state index contributed by atoms with van der Waals surface area (Å²) >= 11 is 4.93. The lowest BCUT2D eigenvalue weighted by Gasteiger charge is -2.14. The van der Waals surface area contributed by atoms with E-state index in [-0.39, 0.29) is 11.7 Å². The summed E-state index contributed by atoms with van der Waals surface area (Å²) in [7, 11) is 0. The third kappa shape index (κ3) is 6.17. The number of nitrogens with one attached hydrogen (secondary N) is 1. The van der Waals surface area contributed by atoms with Gasteiger partial charge in [-0.2, -0.15) is 11.8 Å². The maximum Gasteiger partial charge on any atom is 0.260 e. The number of carbonyl (C=O) groups is 1. The van der Waals surface area contributed by atoms with E-state index < -0.39 is 6.10 Å². The van der Waals surface area contributed by atoms with Crippen molar-refractivity contribution in [2.24, 2.45) is 0 Å². The summed E-state index contributed by atoms with van der Waals surface area (Å²) in [6.45, 7) is 2.23. The summed E-state index contributed by atoms with van der Waals surface area (Å²) in [5, 5.41) is 2.83. The van der Waals surface area contributed by atoms with E-state index in [0.717, 1.165) is 4.47 Å². The Balaban J connectivity index is 1.65. The summed E-state index contributed by atoms with van der Waals surface area (Å²) in [6.07, 6.45) is -0.567. The van der Waals surface area contributed by atoms with Gasteiger partial charge >= 0.3 is 0 Å². The van der Waals surface area contributed by atoms with Gasteiger partial charge in [-0.3, -0.25) is 4.79 Å². The highest BCUT2D eigenvalue weighted by atomic mass is 79.9. The zero-order valence-corrected chi connectivity index (χ0v) is 15.7. The van der Waals surface area contributed by atoms with Crippen molar-refractivity contribution in [3.05, 3.63) is 64.4 Å². The van der Waals surface area contributed by atoms with Crippen molar-refractivity contribution in [2.75, 3.05) is 12.3 Å². The molecule has 0 radical (unpaired) electrons. The van der Waals surface area contributed by atoms with Crippen molar-refractivity contribution >= 4 is 33.6 Å². The first kappa shape index (κ1) is 18.8. The molecule has 0 saturated heterocycles. The number of amides is 1. The van der Waals surface area contributed by atoms with E-state index in [1.165, 1.54) is 6.07 Å². The highest BCUT2D eigenvalue weighted by Crippen LogP contribution is 2.17. The van der Waals surface area contributed by atoms with Crippen LogP contribution in [0.15, 0.2) is 53.0 Å². The minimum absolute atomic E-state index is 0.163. The topological polar surface area (TPSA) is 38.3 Å². The van der Waals surface area contributed by atoms with Gasteiger partial charge in [0.25, 0.3) is 5.91 Å². The summed E-state index contributed by atoms with van der Waals surface area (Å²) in [6, 6.07) is 14.1. The van der Waals surface area contributed by atoms with E-state index in [9.17, 15) is 9.18 Å². The molecule has 2 aromatic rings. The molecule has 1 N–H and O–H groups in total. The normalized spacial score (nSPS) is 11.8. The van der Waals surface area contributed by atoms with Crippen LogP contribution in [0.5, 0.6) is 5.75 Å². The van der Waals surface area contributed by atoms with Gasteiger partial charge in [-0.25, -0.2) is 4.39 Å². The van der Waals surface area contributed by atoms with Crippen molar-refractivity contribution in [3.63, 3.8) is 0 Å². The van der Waals surface area contributed by atoms with Crippen LogP contribution in [0.2, 0.25) is 0 Å². The molecule has 24 heavy (non-hydrogen) atoms. The molecule has 0 aromatic heterocycles. The van der Waals surface area contributed by atoms with Crippen LogP contribution >= 0.6 is 27.7 Å². The quantitative estimate of drug-likeness (QED) is 0.653. The van der Waals surface area contributed by atoms with Crippen LogP contribution in [0.1, 0.15) is 12.5 Å². The average molecular weight is 412 g/mol. The molecule has 2 aromatic carbocycles. The van der Waals surface area contributed by atoms with E-state index in [2.05, 4.69) is 21.2 Å². The molecule has 0 aliphatic rings. The lowest BCUT2D eigenvalue weighted by Crippen LogP contribution is -2.37. The maximum absolute atomic E-state index is 13.5. The van der Waals surface area contributed by atoms with E-state index in [1.54, 1.807) is 43.0 Å². The molecule has 0 unspecified atom stereocenters. The van der Waals surface area contributed by atoms with E-state index in [1.807, 2.05) is 18.2 Å². The van der Waals surface area contributed by atoms with Crippen LogP contribution in [-0.2, 0) is 10.5 Å². The number of rotatable bonds is 8. The maximum atomic E-state index is 13.5. The molecule has 1 atom stereocenters. The van der Waals surface area contributed by atoms with Crippen molar-refractivity contribution < 1.29 is 13.9 Å². The van der Waals surface area contributed by atoms with Gasteiger partial charge in [0.1, 0.15) is 11.6 Å². The smallest absolute Gasteiger partial charge is 0.260 e. The first-order valence-corrected chi connectivity index (χ1v) is 9.52. The fourth-order valence-corrected chi connectivity index (χ4v) is 3.07. The Morgan fingerprint density at radius 3 is 2.67 bits per heavy atom. The predicted molar refractivity (Wildman–Crippen MR) is 99.8 cm³/mol. The summed E-state index contributed by atoms with van der Waals surface area (Å²) < 4.78 is 20.0. The Morgan fingerprint density at radius 1 is 1.25 bits per heavy atom. The molecule has 0 saturated carbocycles. The summed E-state index contributed by atoms with van der Waals surface area (Å²) in [4.78, 5) is 12.0. The molecule has 6 heteroatoms. The Kier molecular flexibility index (Phi) is 7.59. The molecule has 0 spiro atoms. The molecule has 0 bridgehead atoms. The standard InChI is InChI=1S/C18H19BrFNO2S/c1-13(23-16-8-6-15(19)7-9-16)18(22)21-10-11-24-12-14-4-2-3-5-17(14)20/h2-9,13H,10-12H2,1H3,(H,21,22)/t13-/m1/s1. The van der Waals surface area contributed by atoms with Gasteiger partial charge in [0.15, 0.2) is 6.10 Å². The predicted octanol–water partition coefficient (Wildman–Crippen LogP) is 4.41. The second-order valence-corrected chi connectivity index (χ2v) is 7.17. The SMILES string of the molecule is C[C@@H](Oc1ccc(Br)cc1)C(=O)NCCSCc1ccccc1F. The van der Waals surface area contributed by atoms with Gasteiger partial charge in [0.2, 0.25) is 0 Å². The van der Waals surface area contributed by atoms with Gasteiger partial charge in [0, 0.05) is 22.5 Å². The van der Waals surface area contributed by atoms with Crippen LogP contribution in [0.4, 0.5) is 4.39 Å². The highest BCUT2D eigenvalue weighted by molar-refractivity contribution is 9.10. The number of halogens is 2. The number of hydrogen-bond donors (Lipinski definition) is 1. The number of carbonyl (C=O) groups excluding carboxylic acids is 1. The largest absolute Gasteiger partial charge is 0.481 e. The lowest BCUT2D eigenvalue weighted by molar-refractivity contribution is -0.127. The Morgan fingerprint density at radius 2 is 1.96 bits per heavy atom. The third-order valence-electron chi connectivity index (χ3n) is 3.26. The van der Waals surface area contributed by atoms with Crippen molar-refractivity contribution in [3.8, 4) is 5.75 Å². The Labute approximate surface area is 154 Å². The van der Waals surface area contributed by atoms with Gasteiger partial charge in [-0.1, -0.05) is 34.1 Å². The number of thioether (sulfide) groups is 1. The highest BCUT2D eigenvalue weighted by Gasteiger charge is 2.13.